The Morgan fingerprint density at radius 2 is 1.88 bits per heavy atom. The molecule has 0 heterocycles. The number of carbonyl (C=O) groups excluding carboxylic acids is 1. The molecular weight excluding hydrogens is 220 g/mol. The van der Waals surface area contributed by atoms with Gasteiger partial charge in [0.15, 0.2) is 0 Å². The fourth-order valence-corrected chi connectivity index (χ4v) is 2.94. The number of ketones is 1. The molecule has 1 saturated carbocycles. The zero-order chi connectivity index (χ0) is 11.8. The van der Waals surface area contributed by atoms with E-state index >= 15 is 0 Å². The van der Waals surface area contributed by atoms with Crippen LogP contribution in [0.3, 0.4) is 0 Å². The molecular formula is C14H25ClO. The highest BCUT2D eigenvalue weighted by atomic mass is 35.5. The number of hydrogen-bond acceptors (Lipinski definition) is 1. The van der Waals surface area contributed by atoms with Gasteiger partial charge in [-0.15, -0.1) is 11.6 Å². The van der Waals surface area contributed by atoms with Gasteiger partial charge in [0.05, 0.1) is 0 Å². The van der Waals surface area contributed by atoms with Crippen LogP contribution in [-0.4, -0.2) is 11.7 Å². The number of hydrogen-bond donors (Lipinski definition) is 0. The first kappa shape index (κ1) is 14.0. The minimum absolute atomic E-state index is 0.334. The van der Waals surface area contributed by atoms with Gasteiger partial charge in [0.1, 0.15) is 5.78 Å². The lowest BCUT2D eigenvalue weighted by Crippen LogP contribution is -2.22. The highest BCUT2D eigenvalue weighted by Crippen LogP contribution is 2.32. The van der Waals surface area contributed by atoms with E-state index in [1.165, 1.54) is 38.5 Å². The molecule has 0 unspecified atom stereocenters. The van der Waals surface area contributed by atoms with Crippen molar-refractivity contribution < 1.29 is 4.79 Å². The summed E-state index contributed by atoms with van der Waals surface area (Å²) in [4.78, 5) is 11.7. The van der Waals surface area contributed by atoms with Gasteiger partial charge >= 0.3 is 0 Å². The van der Waals surface area contributed by atoms with Gasteiger partial charge in [-0.05, 0) is 31.6 Å². The van der Waals surface area contributed by atoms with E-state index in [9.17, 15) is 4.79 Å². The van der Waals surface area contributed by atoms with E-state index in [0.29, 0.717) is 24.0 Å². The molecule has 0 N–H and O–H groups in total. The summed E-state index contributed by atoms with van der Waals surface area (Å²) >= 11 is 5.61. The second kappa shape index (κ2) is 8.11. The van der Waals surface area contributed by atoms with E-state index in [2.05, 4.69) is 6.92 Å². The van der Waals surface area contributed by atoms with Crippen molar-refractivity contribution in [3.05, 3.63) is 0 Å². The minimum atomic E-state index is 0.334. The summed E-state index contributed by atoms with van der Waals surface area (Å²) in [5.41, 5.74) is 0. The quantitative estimate of drug-likeness (QED) is 0.474. The summed E-state index contributed by atoms with van der Waals surface area (Å²) in [7, 11) is 0. The number of carbonyl (C=O) groups is 1. The average Bonchev–Trinajstić information content (AvgIpc) is 2.30. The van der Waals surface area contributed by atoms with Crippen LogP contribution in [0.25, 0.3) is 0 Å². The van der Waals surface area contributed by atoms with Crippen molar-refractivity contribution in [3.8, 4) is 0 Å². The molecule has 16 heavy (non-hydrogen) atoms. The van der Waals surface area contributed by atoms with Crippen molar-refractivity contribution in [2.75, 3.05) is 5.88 Å². The first-order valence-corrected chi connectivity index (χ1v) is 7.40. The molecule has 0 aromatic rings. The molecule has 1 fully saturated rings. The van der Waals surface area contributed by atoms with Gasteiger partial charge in [-0.2, -0.15) is 0 Å². The van der Waals surface area contributed by atoms with E-state index in [1.54, 1.807) is 0 Å². The summed E-state index contributed by atoms with van der Waals surface area (Å²) in [6.45, 7) is 2.25. The van der Waals surface area contributed by atoms with Gasteiger partial charge in [0, 0.05) is 18.2 Å². The average molecular weight is 245 g/mol. The Bertz CT molecular complexity index is 195. The van der Waals surface area contributed by atoms with Crippen LogP contribution in [0.2, 0.25) is 0 Å². The Morgan fingerprint density at radius 3 is 2.44 bits per heavy atom. The van der Waals surface area contributed by atoms with Crippen molar-refractivity contribution in [3.63, 3.8) is 0 Å². The molecule has 0 bridgehead atoms. The predicted molar refractivity (Wildman–Crippen MR) is 69.9 cm³/mol. The summed E-state index contributed by atoms with van der Waals surface area (Å²) in [5, 5.41) is 0. The molecule has 1 rings (SSSR count). The van der Waals surface area contributed by atoms with Crippen molar-refractivity contribution in [1.29, 1.82) is 0 Å². The van der Waals surface area contributed by atoms with Crippen LogP contribution < -0.4 is 0 Å². The first-order valence-electron chi connectivity index (χ1n) is 6.86. The van der Waals surface area contributed by atoms with Crippen molar-refractivity contribution in [2.24, 2.45) is 11.8 Å². The number of halogens is 1. The number of Topliss-reactive ketones (excluding diaryl/α,β-unsaturated/α-hetero) is 1. The highest BCUT2D eigenvalue weighted by molar-refractivity contribution is 6.19. The van der Waals surface area contributed by atoms with E-state index in [-0.39, 0.29) is 0 Å². The Kier molecular flexibility index (Phi) is 7.11. The molecule has 0 aliphatic heterocycles. The maximum Gasteiger partial charge on any atom is 0.137 e. The zero-order valence-corrected chi connectivity index (χ0v) is 11.3. The van der Waals surface area contributed by atoms with Gasteiger partial charge < -0.3 is 0 Å². The van der Waals surface area contributed by atoms with Crippen LogP contribution in [0, 0.1) is 11.8 Å². The summed E-state index contributed by atoms with van der Waals surface area (Å²) in [6, 6.07) is 0. The number of rotatable bonds is 7. The van der Waals surface area contributed by atoms with Crippen LogP contribution >= 0.6 is 11.6 Å². The molecule has 2 heteroatoms. The molecule has 0 atom stereocenters. The fraction of sp³-hybridized carbons (Fsp3) is 0.929. The van der Waals surface area contributed by atoms with E-state index in [1.807, 2.05) is 0 Å². The molecule has 1 aliphatic rings. The monoisotopic (exact) mass is 244 g/mol. The van der Waals surface area contributed by atoms with Gasteiger partial charge in [0.25, 0.3) is 0 Å². The minimum Gasteiger partial charge on any atom is -0.299 e. The van der Waals surface area contributed by atoms with Crippen LogP contribution in [0.5, 0.6) is 0 Å². The molecule has 0 radical (unpaired) electrons. The highest BCUT2D eigenvalue weighted by Gasteiger charge is 2.25. The lowest BCUT2D eigenvalue weighted by atomic mass is 9.78. The van der Waals surface area contributed by atoms with Gasteiger partial charge in [-0.25, -0.2) is 0 Å². The Hall–Kier alpha value is -0.0400. The largest absolute Gasteiger partial charge is 0.299 e. The van der Waals surface area contributed by atoms with Crippen LogP contribution in [-0.2, 0) is 4.79 Å². The van der Waals surface area contributed by atoms with Gasteiger partial charge in [-0.3, -0.25) is 4.79 Å². The van der Waals surface area contributed by atoms with Crippen LogP contribution in [0.1, 0.15) is 64.7 Å². The molecule has 1 nitrogen and oxygen atoms in total. The molecule has 0 amide bonds. The van der Waals surface area contributed by atoms with Crippen molar-refractivity contribution in [2.45, 2.75) is 64.7 Å². The summed E-state index contributed by atoms with van der Waals surface area (Å²) in [6.07, 6.45) is 10.8. The maximum atomic E-state index is 11.7. The van der Waals surface area contributed by atoms with Gasteiger partial charge in [-0.1, -0.05) is 32.6 Å². The standard InChI is InChI=1S/C14H25ClO/c1-2-3-4-5-12-6-8-13(9-7-12)14(16)10-11-15/h12-13H,2-11H2,1H3. The molecule has 0 aromatic heterocycles. The van der Waals surface area contributed by atoms with Gasteiger partial charge in [0.2, 0.25) is 0 Å². The van der Waals surface area contributed by atoms with Crippen LogP contribution in [0.4, 0.5) is 0 Å². The van der Waals surface area contributed by atoms with E-state index in [4.69, 9.17) is 11.6 Å². The second-order valence-electron chi connectivity index (χ2n) is 5.12. The normalized spacial score (nSPS) is 25.6. The molecule has 0 saturated heterocycles. The third kappa shape index (κ3) is 4.86. The van der Waals surface area contributed by atoms with Crippen molar-refractivity contribution >= 4 is 17.4 Å². The maximum absolute atomic E-state index is 11.7. The zero-order valence-electron chi connectivity index (χ0n) is 10.5. The first-order chi connectivity index (χ1) is 7.77. The third-order valence-electron chi connectivity index (χ3n) is 3.86. The molecule has 1 aliphatic carbocycles. The SMILES string of the molecule is CCCCCC1CCC(C(=O)CCCl)CC1. The predicted octanol–water partition coefficient (Wildman–Crippen LogP) is 4.57. The Balaban J connectivity index is 2.15. The number of unbranched alkanes of at least 4 members (excludes halogenated alkanes) is 2. The smallest absolute Gasteiger partial charge is 0.137 e. The molecule has 94 valence electrons. The fourth-order valence-electron chi connectivity index (χ4n) is 2.75. The van der Waals surface area contributed by atoms with E-state index in [0.717, 1.165) is 18.8 Å². The topological polar surface area (TPSA) is 17.1 Å². The number of alkyl halides is 1. The van der Waals surface area contributed by atoms with Crippen LogP contribution in [0.15, 0.2) is 0 Å². The summed E-state index contributed by atoms with van der Waals surface area (Å²) in [5.74, 6) is 2.13. The molecule has 0 spiro atoms. The lowest BCUT2D eigenvalue weighted by Gasteiger charge is -2.27. The molecule has 0 aromatic carbocycles. The van der Waals surface area contributed by atoms with E-state index < -0.39 is 0 Å². The van der Waals surface area contributed by atoms with Crippen molar-refractivity contribution in [1.82, 2.24) is 0 Å². The third-order valence-corrected chi connectivity index (χ3v) is 4.05. The Morgan fingerprint density at radius 1 is 1.19 bits per heavy atom. The second-order valence-corrected chi connectivity index (χ2v) is 5.50. The Labute approximate surface area is 105 Å². The summed E-state index contributed by atoms with van der Waals surface area (Å²) < 4.78 is 0. The lowest BCUT2D eigenvalue weighted by molar-refractivity contribution is -0.123.